The zero-order valence-electron chi connectivity index (χ0n) is 8.45. The average Bonchev–Trinajstić information content (AvgIpc) is 2.29. The maximum absolute atomic E-state index is 12.7. The van der Waals surface area contributed by atoms with Crippen LogP contribution in [-0.4, -0.2) is 9.97 Å². The minimum absolute atomic E-state index is 0.0699. The van der Waals surface area contributed by atoms with E-state index in [9.17, 15) is 18.0 Å². The normalized spacial score (nSPS) is 11.5. The standard InChI is InChI=1S/C11H7F3N2O/c12-11(13,14)10-8(1-2-9(17)16-10)7-3-5-15-6-4-7/h1-6H,(H,16,17). The van der Waals surface area contributed by atoms with E-state index in [2.05, 4.69) is 4.98 Å². The maximum Gasteiger partial charge on any atom is 0.431 e. The molecule has 0 saturated carbocycles. The lowest BCUT2D eigenvalue weighted by Gasteiger charge is -2.11. The average molecular weight is 240 g/mol. The molecule has 1 N–H and O–H groups in total. The molecule has 0 saturated heterocycles. The van der Waals surface area contributed by atoms with Gasteiger partial charge in [0.1, 0.15) is 5.69 Å². The van der Waals surface area contributed by atoms with Gasteiger partial charge in [0, 0.05) is 24.0 Å². The van der Waals surface area contributed by atoms with E-state index in [4.69, 9.17) is 0 Å². The highest BCUT2D eigenvalue weighted by atomic mass is 19.4. The summed E-state index contributed by atoms with van der Waals surface area (Å²) in [6.07, 6.45) is -1.82. The molecule has 2 rings (SSSR count). The van der Waals surface area contributed by atoms with Crippen LogP contribution in [0.5, 0.6) is 0 Å². The second kappa shape index (κ2) is 4.04. The van der Waals surface area contributed by atoms with Crippen LogP contribution in [0.2, 0.25) is 0 Å². The highest BCUT2D eigenvalue weighted by Gasteiger charge is 2.34. The van der Waals surface area contributed by atoms with Crippen LogP contribution in [0, 0.1) is 0 Å². The van der Waals surface area contributed by atoms with Gasteiger partial charge in [-0.3, -0.25) is 9.78 Å². The summed E-state index contributed by atoms with van der Waals surface area (Å²) in [7, 11) is 0. The van der Waals surface area contributed by atoms with Crippen LogP contribution in [0.25, 0.3) is 11.1 Å². The molecule has 0 bridgehead atoms. The number of halogens is 3. The molecule has 0 atom stereocenters. The van der Waals surface area contributed by atoms with Crippen molar-refractivity contribution in [3.8, 4) is 11.1 Å². The molecule has 0 aromatic carbocycles. The molecule has 0 spiro atoms. The molecule has 0 aliphatic carbocycles. The fourth-order valence-corrected chi connectivity index (χ4v) is 1.47. The minimum atomic E-state index is -4.60. The van der Waals surface area contributed by atoms with Crippen LogP contribution in [0.4, 0.5) is 13.2 Å². The second-order valence-corrected chi connectivity index (χ2v) is 3.34. The summed E-state index contributed by atoms with van der Waals surface area (Å²) in [5, 5.41) is 0. The van der Waals surface area contributed by atoms with Crippen molar-refractivity contribution in [3.05, 3.63) is 52.7 Å². The Morgan fingerprint density at radius 2 is 1.71 bits per heavy atom. The monoisotopic (exact) mass is 240 g/mol. The molecule has 2 heterocycles. The first-order valence-electron chi connectivity index (χ1n) is 4.69. The number of pyridine rings is 2. The van der Waals surface area contributed by atoms with Crippen molar-refractivity contribution >= 4 is 0 Å². The van der Waals surface area contributed by atoms with E-state index >= 15 is 0 Å². The smallest absolute Gasteiger partial charge is 0.318 e. The van der Waals surface area contributed by atoms with E-state index in [-0.39, 0.29) is 5.56 Å². The van der Waals surface area contributed by atoms with Gasteiger partial charge >= 0.3 is 6.18 Å². The summed E-state index contributed by atoms with van der Waals surface area (Å²) >= 11 is 0. The molecule has 2 aromatic rings. The van der Waals surface area contributed by atoms with Crippen molar-refractivity contribution in [1.29, 1.82) is 0 Å². The molecule has 0 unspecified atom stereocenters. The van der Waals surface area contributed by atoms with Crippen molar-refractivity contribution < 1.29 is 13.2 Å². The Balaban J connectivity index is 2.67. The third-order valence-electron chi connectivity index (χ3n) is 2.19. The van der Waals surface area contributed by atoms with Gasteiger partial charge in [-0.15, -0.1) is 0 Å². The highest BCUT2D eigenvalue weighted by molar-refractivity contribution is 5.65. The lowest BCUT2D eigenvalue weighted by molar-refractivity contribution is -0.140. The van der Waals surface area contributed by atoms with Crippen LogP contribution >= 0.6 is 0 Å². The van der Waals surface area contributed by atoms with Crippen molar-refractivity contribution in [1.82, 2.24) is 9.97 Å². The van der Waals surface area contributed by atoms with Crippen LogP contribution in [0.1, 0.15) is 5.69 Å². The van der Waals surface area contributed by atoms with Gasteiger partial charge in [0.15, 0.2) is 0 Å². The van der Waals surface area contributed by atoms with Crippen molar-refractivity contribution in [2.75, 3.05) is 0 Å². The Bertz CT molecular complexity index is 575. The number of aromatic nitrogens is 2. The number of aromatic amines is 1. The SMILES string of the molecule is O=c1ccc(-c2ccncc2)c(C(F)(F)F)[nH]1. The first kappa shape index (κ1) is 11.4. The topological polar surface area (TPSA) is 45.8 Å². The van der Waals surface area contributed by atoms with Crippen molar-refractivity contribution in [2.45, 2.75) is 6.18 Å². The number of nitrogens with one attached hydrogen (secondary N) is 1. The predicted octanol–water partition coefficient (Wildman–Crippen LogP) is 2.46. The number of H-pyrrole nitrogens is 1. The van der Waals surface area contributed by atoms with Crippen molar-refractivity contribution in [3.63, 3.8) is 0 Å². The lowest BCUT2D eigenvalue weighted by atomic mass is 10.1. The van der Waals surface area contributed by atoms with Gasteiger partial charge in [-0.05, 0) is 23.8 Å². The maximum atomic E-state index is 12.7. The van der Waals surface area contributed by atoms with Gasteiger partial charge < -0.3 is 4.98 Å². The summed E-state index contributed by atoms with van der Waals surface area (Å²) in [6, 6.07) is 5.10. The second-order valence-electron chi connectivity index (χ2n) is 3.34. The van der Waals surface area contributed by atoms with Gasteiger partial charge in [0.05, 0.1) is 0 Å². The first-order chi connectivity index (χ1) is 7.98. The molecule has 0 aliphatic rings. The third-order valence-corrected chi connectivity index (χ3v) is 2.19. The van der Waals surface area contributed by atoms with Gasteiger partial charge in [-0.25, -0.2) is 0 Å². The van der Waals surface area contributed by atoms with Crippen molar-refractivity contribution in [2.24, 2.45) is 0 Å². The number of hydrogen-bond acceptors (Lipinski definition) is 2. The van der Waals surface area contributed by atoms with E-state index in [1.807, 2.05) is 4.98 Å². The van der Waals surface area contributed by atoms with Crippen LogP contribution < -0.4 is 5.56 Å². The summed E-state index contributed by atoms with van der Waals surface area (Å²) in [4.78, 5) is 16.5. The fourth-order valence-electron chi connectivity index (χ4n) is 1.47. The molecule has 0 aliphatic heterocycles. The fraction of sp³-hybridized carbons (Fsp3) is 0.0909. The van der Waals surface area contributed by atoms with Gasteiger partial charge in [0.2, 0.25) is 5.56 Å². The molecule has 17 heavy (non-hydrogen) atoms. The first-order valence-corrected chi connectivity index (χ1v) is 4.69. The Labute approximate surface area is 94.0 Å². The zero-order chi connectivity index (χ0) is 12.5. The van der Waals surface area contributed by atoms with E-state index < -0.39 is 17.4 Å². The van der Waals surface area contributed by atoms with Crippen LogP contribution in [0.15, 0.2) is 41.5 Å². The molecule has 0 radical (unpaired) electrons. The Morgan fingerprint density at radius 1 is 1.06 bits per heavy atom. The predicted molar refractivity (Wildman–Crippen MR) is 55.3 cm³/mol. The number of hydrogen-bond donors (Lipinski definition) is 1. The zero-order valence-corrected chi connectivity index (χ0v) is 8.45. The number of nitrogens with zero attached hydrogens (tertiary/aromatic N) is 1. The molecule has 0 fully saturated rings. The van der Waals surface area contributed by atoms with E-state index in [0.29, 0.717) is 5.56 Å². The summed E-state index contributed by atoms with van der Waals surface area (Å²) in [5.41, 5.74) is -1.55. The molecule has 3 nitrogen and oxygen atoms in total. The van der Waals surface area contributed by atoms with E-state index in [0.717, 1.165) is 12.1 Å². The summed E-state index contributed by atoms with van der Waals surface area (Å²) in [6.45, 7) is 0. The molecular weight excluding hydrogens is 233 g/mol. The summed E-state index contributed by atoms with van der Waals surface area (Å²) in [5.74, 6) is 0. The van der Waals surface area contributed by atoms with E-state index in [1.165, 1.54) is 24.5 Å². The van der Waals surface area contributed by atoms with Crippen LogP contribution in [0.3, 0.4) is 0 Å². The quantitative estimate of drug-likeness (QED) is 0.832. The Hall–Kier alpha value is -2.11. The number of rotatable bonds is 1. The molecule has 2 aromatic heterocycles. The molecule has 88 valence electrons. The highest BCUT2D eigenvalue weighted by Crippen LogP contribution is 2.34. The van der Waals surface area contributed by atoms with E-state index in [1.54, 1.807) is 0 Å². The lowest BCUT2D eigenvalue weighted by Crippen LogP contribution is -2.17. The number of alkyl halides is 3. The Kier molecular flexibility index (Phi) is 2.71. The largest absolute Gasteiger partial charge is 0.431 e. The van der Waals surface area contributed by atoms with Gasteiger partial charge in [-0.1, -0.05) is 0 Å². The van der Waals surface area contributed by atoms with Gasteiger partial charge in [-0.2, -0.15) is 13.2 Å². The van der Waals surface area contributed by atoms with Gasteiger partial charge in [0.25, 0.3) is 0 Å². The minimum Gasteiger partial charge on any atom is -0.318 e. The summed E-state index contributed by atoms with van der Waals surface area (Å²) < 4.78 is 38.2. The van der Waals surface area contributed by atoms with Crippen LogP contribution in [-0.2, 0) is 6.18 Å². The molecular formula is C11H7F3N2O. The molecule has 6 heteroatoms. The Morgan fingerprint density at radius 3 is 2.29 bits per heavy atom. The third kappa shape index (κ3) is 2.35. The molecule has 0 amide bonds.